The van der Waals surface area contributed by atoms with Gasteiger partial charge in [0.2, 0.25) is 0 Å². The van der Waals surface area contributed by atoms with Gasteiger partial charge in [-0.2, -0.15) is 0 Å². The van der Waals surface area contributed by atoms with Gasteiger partial charge in [-0.1, -0.05) is 6.42 Å². The molecule has 4 fully saturated rings. The molecule has 0 spiro atoms. The van der Waals surface area contributed by atoms with Crippen molar-refractivity contribution in [1.29, 1.82) is 0 Å². The lowest BCUT2D eigenvalue weighted by atomic mass is 9.95. The highest BCUT2D eigenvalue weighted by Crippen LogP contribution is 2.31. The summed E-state index contributed by atoms with van der Waals surface area (Å²) in [6.07, 6.45) is 11.6. The van der Waals surface area contributed by atoms with Gasteiger partial charge in [0.15, 0.2) is 0 Å². The third kappa shape index (κ3) is 2.65. The molecule has 4 saturated heterocycles. The minimum atomic E-state index is 0.882. The first kappa shape index (κ1) is 13.5. The summed E-state index contributed by atoms with van der Waals surface area (Å²) in [5, 5.41) is 0. The first-order valence-electron chi connectivity index (χ1n) is 9.12. The van der Waals surface area contributed by atoms with Crippen molar-refractivity contribution in [2.75, 3.05) is 39.3 Å². The molecule has 0 radical (unpaired) electrons. The molecule has 4 rings (SSSR count). The fourth-order valence-corrected chi connectivity index (χ4v) is 5.27. The molecule has 3 heteroatoms. The third-order valence-electron chi connectivity index (χ3n) is 6.39. The van der Waals surface area contributed by atoms with Crippen LogP contribution >= 0.6 is 0 Å². The maximum Gasteiger partial charge on any atom is 0.0223 e. The Hall–Kier alpha value is -0.120. The van der Waals surface area contributed by atoms with Crippen LogP contribution in [0.5, 0.6) is 0 Å². The Labute approximate surface area is 124 Å². The molecule has 0 aromatic carbocycles. The van der Waals surface area contributed by atoms with E-state index in [-0.39, 0.29) is 0 Å². The van der Waals surface area contributed by atoms with Crippen molar-refractivity contribution >= 4 is 0 Å². The van der Waals surface area contributed by atoms with E-state index in [9.17, 15) is 0 Å². The van der Waals surface area contributed by atoms with Crippen LogP contribution in [0, 0.1) is 0 Å². The zero-order chi connectivity index (χ0) is 13.4. The van der Waals surface area contributed by atoms with Crippen molar-refractivity contribution in [2.24, 2.45) is 0 Å². The highest BCUT2D eigenvalue weighted by atomic mass is 15.3. The highest BCUT2D eigenvalue weighted by molar-refractivity contribution is 4.93. The summed E-state index contributed by atoms with van der Waals surface area (Å²) in [4.78, 5) is 8.46. The first-order valence-corrected chi connectivity index (χ1v) is 9.12. The minimum Gasteiger partial charge on any atom is -0.300 e. The lowest BCUT2D eigenvalue weighted by Crippen LogP contribution is -2.51. The second-order valence-electron chi connectivity index (χ2n) is 7.54. The summed E-state index contributed by atoms with van der Waals surface area (Å²) in [5.41, 5.74) is 0. The number of hydrogen-bond donors (Lipinski definition) is 0. The normalized spacial score (nSPS) is 41.1. The summed E-state index contributed by atoms with van der Waals surface area (Å²) in [6, 6.07) is 2.71. The number of piperidine rings is 2. The Balaban J connectivity index is 1.40. The molecule has 3 atom stereocenters. The van der Waals surface area contributed by atoms with E-state index in [4.69, 9.17) is 0 Å². The molecular weight excluding hydrogens is 246 g/mol. The predicted octanol–water partition coefficient (Wildman–Crippen LogP) is 2.17. The van der Waals surface area contributed by atoms with Crippen molar-refractivity contribution < 1.29 is 0 Å². The Morgan fingerprint density at radius 1 is 0.500 bits per heavy atom. The van der Waals surface area contributed by atoms with Gasteiger partial charge < -0.3 is 4.90 Å². The van der Waals surface area contributed by atoms with Gasteiger partial charge in [-0.3, -0.25) is 9.80 Å². The Bertz CT molecular complexity index is 332. The number of rotatable bonds is 1. The van der Waals surface area contributed by atoms with E-state index in [0.29, 0.717) is 0 Å². The van der Waals surface area contributed by atoms with Crippen LogP contribution in [-0.4, -0.2) is 72.1 Å². The van der Waals surface area contributed by atoms with Crippen LogP contribution < -0.4 is 0 Å². The average Bonchev–Trinajstić information content (AvgIpc) is 2.84. The lowest BCUT2D eigenvalue weighted by molar-refractivity contribution is 0.0702. The molecule has 114 valence electrons. The van der Waals surface area contributed by atoms with Gasteiger partial charge in [0.05, 0.1) is 0 Å². The SMILES string of the molecule is C1CCN2CCCN(C3CCN4CCCC4C3)CC2C1. The molecule has 0 amide bonds. The maximum atomic E-state index is 2.89. The van der Waals surface area contributed by atoms with Gasteiger partial charge in [-0.05, 0) is 77.7 Å². The summed E-state index contributed by atoms with van der Waals surface area (Å²) in [6.45, 7) is 8.23. The van der Waals surface area contributed by atoms with E-state index < -0.39 is 0 Å². The largest absolute Gasteiger partial charge is 0.300 e. The molecule has 4 aliphatic heterocycles. The Morgan fingerprint density at radius 3 is 2.20 bits per heavy atom. The van der Waals surface area contributed by atoms with Crippen molar-refractivity contribution in [3.8, 4) is 0 Å². The van der Waals surface area contributed by atoms with Gasteiger partial charge in [0, 0.05) is 24.7 Å². The molecule has 4 heterocycles. The van der Waals surface area contributed by atoms with E-state index >= 15 is 0 Å². The van der Waals surface area contributed by atoms with Crippen LogP contribution in [0.2, 0.25) is 0 Å². The van der Waals surface area contributed by atoms with Crippen LogP contribution in [0.3, 0.4) is 0 Å². The molecule has 3 nitrogen and oxygen atoms in total. The average molecular weight is 277 g/mol. The maximum absolute atomic E-state index is 2.89. The van der Waals surface area contributed by atoms with Crippen molar-refractivity contribution in [1.82, 2.24) is 14.7 Å². The van der Waals surface area contributed by atoms with Crippen LogP contribution in [0.1, 0.15) is 51.4 Å². The van der Waals surface area contributed by atoms with Gasteiger partial charge >= 0.3 is 0 Å². The Morgan fingerprint density at radius 2 is 1.20 bits per heavy atom. The second-order valence-corrected chi connectivity index (χ2v) is 7.54. The predicted molar refractivity (Wildman–Crippen MR) is 83.0 cm³/mol. The van der Waals surface area contributed by atoms with E-state index in [1.165, 1.54) is 90.6 Å². The molecule has 0 aliphatic carbocycles. The molecule has 3 unspecified atom stereocenters. The molecule has 0 bridgehead atoms. The van der Waals surface area contributed by atoms with Crippen LogP contribution in [0.4, 0.5) is 0 Å². The summed E-state index contributed by atoms with van der Waals surface area (Å²) in [7, 11) is 0. The smallest absolute Gasteiger partial charge is 0.0223 e. The molecule has 4 aliphatic rings. The topological polar surface area (TPSA) is 9.72 Å². The summed E-state index contributed by atoms with van der Waals surface area (Å²) >= 11 is 0. The zero-order valence-electron chi connectivity index (χ0n) is 13.0. The standard InChI is InChI=1S/C17H31N3/c1-2-8-18-10-4-11-20(14-17(18)5-1)16-7-12-19-9-3-6-15(19)13-16/h15-17H,1-14H2. The molecule has 0 saturated carbocycles. The van der Waals surface area contributed by atoms with Gasteiger partial charge in [-0.25, -0.2) is 0 Å². The molecule has 20 heavy (non-hydrogen) atoms. The number of hydrogen-bond acceptors (Lipinski definition) is 3. The number of fused-ring (bicyclic) bond motifs is 2. The summed E-state index contributed by atoms with van der Waals surface area (Å²) in [5.74, 6) is 0. The van der Waals surface area contributed by atoms with Crippen molar-refractivity contribution in [3.63, 3.8) is 0 Å². The molecular formula is C17H31N3. The minimum absolute atomic E-state index is 0.882. The zero-order valence-corrected chi connectivity index (χ0v) is 13.0. The van der Waals surface area contributed by atoms with Crippen LogP contribution in [0.15, 0.2) is 0 Å². The second kappa shape index (κ2) is 5.94. The first-order chi connectivity index (χ1) is 9.90. The fraction of sp³-hybridized carbons (Fsp3) is 1.00. The van der Waals surface area contributed by atoms with E-state index in [1.54, 1.807) is 0 Å². The van der Waals surface area contributed by atoms with Gasteiger partial charge in [0.25, 0.3) is 0 Å². The van der Waals surface area contributed by atoms with E-state index in [1.807, 2.05) is 0 Å². The highest BCUT2D eigenvalue weighted by Gasteiger charge is 2.36. The number of nitrogens with zero attached hydrogens (tertiary/aromatic N) is 3. The summed E-state index contributed by atoms with van der Waals surface area (Å²) < 4.78 is 0. The van der Waals surface area contributed by atoms with Gasteiger partial charge in [0.1, 0.15) is 0 Å². The fourth-order valence-electron chi connectivity index (χ4n) is 5.27. The van der Waals surface area contributed by atoms with Crippen molar-refractivity contribution in [3.05, 3.63) is 0 Å². The molecule has 0 aromatic heterocycles. The molecule has 0 aromatic rings. The van der Waals surface area contributed by atoms with Crippen molar-refractivity contribution in [2.45, 2.75) is 69.5 Å². The van der Waals surface area contributed by atoms with Crippen LogP contribution in [-0.2, 0) is 0 Å². The van der Waals surface area contributed by atoms with Crippen LogP contribution in [0.25, 0.3) is 0 Å². The van der Waals surface area contributed by atoms with E-state index in [0.717, 1.165) is 18.1 Å². The van der Waals surface area contributed by atoms with Gasteiger partial charge in [-0.15, -0.1) is 0 Å². The van der Waals surface area contributed by atoms with E-state index in [2.05, 4.69) is 14.7 Å². The quantitative estimate of drug-likeness (QED) is 0.727. The molecule has 0 N–H and O–H groups in total. The third-order valence-corrected chi connectivity index (χ3v) is 6.39. The monoisotopic (exact) mass is 277 g/mol. The Kier molecular flexibility index (Phi) is 4.02. The lowest BCUT2D eigenvalue weighted by Gasteiger charge is -2.42.